The molecule has 2 amide bonds. The van der Waals surface area contributed by atoms with Crippen LogP contribution >= 0.6 is 0 Å². The van der Waals surface area contributed by atoms with Crippen molar-refractivity contribution in [3.63, 3.8) is 0 Å². The first kappa shape index (κ1) is 18.4. The molecule has 28 heavy (non-hydrogen) atoms. The average molecular weight is 385 g/mol. The van der Waals surface area contributed by atoms with Gasteiger partial charge >= 0.3 is 0 Å². The molecule has 0 radical (unpaired) electrons. The molecule has 2 aliphatic heterocycles. The van der Waals surface area contributed by atoms with E-state index in [-0.39, 0.29) is 23.4 Å². The molecule has 146 valence electrons. The molecule has 2 aromatic rings. The fourth-order valence-electron chi connectivity index (χ4n) is 3.93. The molecule has 0 spiro atoms. The predicted molar refractivity (Wildman–Crippen MR) is 102 cm³/mol. The topological polar surface area (TPSA) is 43.9 Å². The van der Waals surface area contributed by atoms with Crippen LogP contribution in [0.4, 0.5) is 20.2 Å². The average Bonchev–Trinajstić information content (AvgIpc) is 3.10. The highest BCUT2D eigenvalue weighted by Gasteiger charge is 2.39. The number of anilines is 2. The van der Waals surface area contributed by atoms with Gasteiger partial charge in [-0.25, -0.2) is 8.78 Å². The van der Waals surface area contributed by atoms with Crippen molar-refractivity contribution in [3.8, 4) is 0 Å². The van der Waals surface area contributed by atoms with Crippen LogP contribution in [0.1, 0.15) is 12.8 Å². The summed E-state index contributed by atoms with van der Waals surface area (Å²) in [6.45, 7) is 2.00. The van der Waals surface area contributed by atoms with Crippen molar-refractivity contribution in [1.29, 1.82) is 0 Å². The molecule has 0 saturated carbocycles. The number of carbonyl (C=O) groups is 2. The fourth-order valence-corrected chi connectivity index (χ4v) is 3.93. The predicted octanol–water partition coefficient (Wildman–Crippen LogP) is 2.81. The molecule has 0 aromatic heterocycles. The van der Waals surface area contributed by atoms with Crippen LogP contribution in [0.25, 0.3) is 0 Å². The number of piperazine rings is 1. The Morgan fingerprint density at radius 2 is 1.61 bits per heavy atom. The summed E-state index contributed by atoms with van der Waals surface area (Å²) in [7, 11) is 0. The third-order valence-corrected chi connectivity index (χ3v) is 5.39. The highest BCUT2D eigenvalue weighted by atomic mass is 19.1. The van der Waals surface area contributed by atoms with E-state index in [2.05, 4.69) is 0 Å². The molecule has 0 aliphatic carbocycles. The van der Waals surface area contributed by atoms with Gasteiger partial charge in [-0.2, -0.15) is 0 Å². The number of para-hydroxylation sites is 1. The first-order valence-electron chi connectivity index (χ1n) is 9.40. The van der Waals surface area contributed by atoms with Crippen molar-refractivity contribution >= 4 is 23.2 Å². The Labute approximate surface area is 162 Å². The first-order valence-corrected chi connectivity index (χ1v) is 9.40. The molecule has 5 nitrogen and oxygen atoms in total. The van der Waals surface area contributed by atoms with E-state index in [1.807, 2.05) is 4.90 Å². The van der Waals surface area contributed by atoms with Crippen molar-refractivity contribution < 1.29 is 18.4 Å². The van der Waals surface area contributed by atoms with E-state index in [4.69, 9.17) is 0 Å². The van der Waals surface area contributed by atoms with Crippen LogP contribution in [0.15, 0.2) is 48.5 Å². The second-order valence-corrected chi connectivity index (χ2v) is 7.06. The summed E-state index contributed by atoms with van der Waals surface area (Å²) in [5.41, 5.74) is 1.07. The SMILES string of the molecule is O=C(C1CCC(=O)N1c1ccc(F)cc1)N1CCN(c2ccccc2F)CC1. The van der Waals surface area contributed by atoms with Gasteiger partial charge in [0.2, 0.25) is 11.8 Å². The zero-order valence-corrected chi connectivity index (χ0v) is 15.4. The van der Waals surface area contributed by atoms with E-state index in [0.717, 1.165) is 0 Å². The summed E-state index contributed by atoms with van der Waals surface area (Å²) in [5, 5.41) is 0. The monoisotopic (exact) mass is 385 g/mol. The van der Waals surface area contributed by atoms with Crippen molar-refractivity contribution in [2.24, 2.45) is 0 Å². The van der Waals surface area contributed by atoms with Crippen molar-refractivity contribution in [2.45, 2.75) is 18.9 Å². The van der Waals surface area contributed by atoms with Gasteiger partial charge in [-0.05, 0) is 42.8 Å². The zero-order chi connectivity index (χ0) is 19.7. The molecule has 1 atom stereocenters. The van der Waals surface area contributed by atoms with Crippen molar-refractivity contribution in [1.82, 2.24) is 4.90 Å². The quantitative estimate of drug-likeness (QED) is 0.816. The Balaban J connectivity index is 1.45. The zero-order valence-electron chi connectivity index (χ0n) is 15.4. The maximum atomic E-state index is 14.0. The number of hydrogen-bond donors (Lipinski definition) is 0. The molecular weight excluding hydrogens is 364 g/mol. The Hall–Kier alpha value is -2.96. The summed E-state index contributed by atoms with van der Waals surface area (Å²) >= 11 is 0. The smallest absolute Gasteiger partial charge is 0.245 e. The van der Waals surface area contributed by atoms with Crippen LogP contribution in [-0.4, -0.2) is 48.9 Å². The lowest BCUT2D eigenvalue weighted by Crippen LogP contribution is -2.54. The van der Waals surface area contributed by atoms with Crippen LogP contribution < -0.4 is 9.80 Å². The van der Waals surface area contributed by atoms with Crippen LogP contribution in [-0.2, 0) is 9.59 Å². The molecule has 0 bridgehead atoms. The van der Waals surface area contributed by atoms with Gasteiger partial charge in [0, 0.05) is 38.3 Å². The van der Waals surface area contributed by atoms with Gasteiger partial charge in [0.05, 0.1) is 5.69 Å². The first-order chi connectivity index (χ1) is 13.5. The van der Waals surface area contributed by atoms with Crippen LogP contribution in [0.5, 0.6) is 0 Å². The lowest BCUT2D eigenvalue weighted by molar-refractivity contribution is -0.133. The maximum absolute atomic E-state index is 14.0. The minimum absolute atomic E-state index is 0.108. The summed E-state index contributed by atoms with van der Waals surface area (Å²) in [5.74, 6) is -0.896. The van der Waals surface area contributed by atoms with Crippen molar-refractivity contribution in [2.75, 3.05) is 36.0 Å². The molecule has 2 heterocycles. The van der Waals surface area contributed by atoms with Gasteiger partial charge in [-0.3, -0.25) is 14.5 Å². The number of rotatable bonds is 3. The number of nitrogens with zero attached hydrogens (tertiary/aromatic N) is 3. The number of carbonyl (C=O) groups excluding carboxylic acids is 2. The number of benzene rings is 2. The van der Waals surface area contributed by atoms with E-state index in [9.17, 15) is 18.4 Å². The van der Waals surface area contributed by atoms with Gasteiger partial charge in [-0.1, -0.05) is 12.1 Å². The molecule has 2 saturated heterocycles. The van der Waals surface area contributed by atoms with Crippen LogP contribution in [0.3, 0.4) is 0 Å². The molecule has 1 unspecified atom stereocenters. The summed E-state index contributed by atoms with van der Waals surface area (Å²) in [4.78, 5) is 30.6. The second kappa shape index (κ2) is 7.58. The van der Waals surface area contributed by atoms with Crippen LogP contribution in [0, 0.1) is 11.6 Å². The number of halogens is 2. The minimum Gasteiger partial charge on any atom is -0.366 e. The van der Waals surface area contributed by atoms with Crippen LogP contribution in [0.2, 0.25) is 0 Å². The molecule has 2 aromatic carbocycles. The fraction of sp³-hybridized carbons (Fsp3) is 0.333. The van der Waals surface area contributed by atoms with E-state index in [1.54, 1.807) is 23.1 Å². The van der Waals surface area contributed by atoms with E-state index < -0.39 is 6.04 Å². The lowest BCUT2D eigenvalue weighted by atomic mass is 10.1. The highest BCUT2D eigenvalue weighted by molar-refractivity contribution is 6.03. The Kier molecular flexibility index (Phi) is 4.98. The molecular formula is C21H21F2N3O2. The Morgan fingerprint density at radius 1 is 0.929 bits per heavy atom. The summed E-state index contributed by atoms with van der Waals surface area (Å²) in [6, 6.07) is 11.7. The third-order valence-electron chi connectivity index (χ3n) is 5.39. The Morgan fingerprint density at radius 3 is 2.29 bits per heavy atom. The number of amides is 2. The van der Waals surface area contributed by atoms with Gasteiger partial charge in [0.15, 0.2) is 0 Å². The number of hydrogen-bond acceptors (Lipinski definition) is 3. The molecule has 0 N–H and O–H groups in total. The van der Waals surface area contributed by atoms with E-state index in [0.29, 0.717) is 50.4 Å². The maximum Gasteiger partial charge on any atom is 0.245 e. The van der Waals surface area contributed by atoms with E-state index in [1.165, 1.54) is 35.2 Å². The molecule has 2 fully saturated rings. The largest absolute Gasteiger partial charge is 0.366 e. The van der Waals surface area contributed by atoms with Gasteiger partial charge in [0.25, 0.3) is 0 Å². The third kappa shape index (κ3) is 3.44. The Bertz CT molecular complexity index is 879. The minimum atomic E-state index is -0.571. The standard InChI is InChI=1S/C21H21F2N3O2/c22-15-5-7-16(8-6-15)26-19(9-10-20(26)27)21(28)25-13-11-24(12-14-25)18-4-2-1-3-17(18)23/h1-8,19H,9-14H2. The molecule has 7 heteroatoms. The molecule has 4 rings (SSSR count). The second-order valence-electron chi connectivity index (χ2n) is 7.06. The normalized spacial score (nSPS) is 20.0. The lowest BCUT2D eigenvalue weighted by Gasteiger charge is -2.38. The van der Waals surface area contributed by atoms with Crippen molar-refractivity contribution in [3.05, 3.63) is 60.2 Å². The van der Waals surface area contributed by atoms with Gasteiger partial charge < -0.3 is 9.80 Å². The van der Waals surface area contributed by atoms with E-state index >= 15 is 0 Å². The van der Waals surface area contributed by atoms with Gasteiger partial charge in [-0.15, -0.1) is 0 Å². The summed E-state index contributed by atoms with van der Waals surface area (Å²) in [6.07, 6.45) is 0.742. The van der Waals surface area contributed by atoms with Gasteiger partial charge in [0.1, 0.15) is 17.7 Å². The highest BCUT2D eigenvalue weighted by Crippen LogP contribution is 2.29. The summed E-state index contributed by atoms with van der Waals surface area (Å²) < 4.78 is 27.2. The molecule has 2 aliphatic rings.